The number of rotatable bonds is 6. The second-order valence-electron chi connectivity index (χ2n) is 8.07. The number of carbonyl (C=O) groups excluding carboxylic acids is 3. The van der Waals surface area contributed by atoms with Crippen molar-refractivity contribution >= 4 is 28.6 Å². The molecule has 0 spiro atoms. The average molecular weight is 452 g/mol. The molecule has 0 unspecified atom stereocenters. The van der Waals surface area contributed by atoms with Crippen LogP contribution in [-0.2, 0) is 16.1 Å². The van der Waals surface area contributed by atoms with Gasteiger partial charge >= 0.3 is 0 Å². The van der Waals surface area contributed by atoms with Crippen LogP contribution in [0.25, 0.3) is 10.9 Å². The van der Waals surface area contributed by atoms with E-state index in [-0.39, 0.29) is 17.4 Å². The molecule has 172 valence electrons. The zero-order chi connectivity index (χ0) is 23.4. The van der Waals surface area contributed by atoms with Gasteiger partial charge in [0.25, 0.3) is 5.91 Å². The third-order valence-corrected chi connectivity index (χ3v) is 5.92. The maximum Gasteiger partial charge on any atom is 0.254 e. The van der Waals surface area contributed by atoms with Crippen molar-refractivity contribution in [3.05, 3.63) is 66.4 Å². The summed E-state index contributed by atoms with van der Waals surface area (Å²) in [6.45, 7) is 3.79. The molecule has 0 radical (unpaired) electrons. The molecule has 1 atom stereocenters. The van der Waals surface area contributed by atoms with Crippen molar-refractivity contribution in [1.29, 1.82) is 0 Å². The number of hydrogen-bond donors (Lipinski definition) is 1. The van der Waals surface area contributed by atoms with Gasteiger partial charge in [0.05, 0.1) is 17.3 Å². The van der Waals surface area contributed by atoms with E-state index >= 15 is 0 Å². The number of nitrogens with zero attached hydrogens (tertiary/aromatic N) is 4. The first-order valence-electron chi connectivity index (χ1n) is 10.9. The van der Waals surface area contributed by atoms with Crippen LogP contribution in [0.2, 0.25) is 0 Å². The van der Waals surface area contributed by atoms with Crippen molar-refractivity contribution in [2.45, 2.75) is 25.9 Å². The number of halogens is 1. The van der Waals surface area contributed by atoms with Crippen LogP contribution in [0, 0.1) is 5.82 Å². The first-order valence-corrected chi connectivity index (χ1v) is 10.9. The van der Waals surface area contributed by atoms with E-state index in [9.17, 15) is 18.8 Å². The van der Waals surface area contributed by atoms with Crippen molar-refractivity contribution in [3.8, 4) is 0 Å². The van der Waals surface area contributed by atoms with Gasteiger partial charge in [0.15, 0.2) is 0 Å². The van der Waals surface area contributed by atoms with Crippen molar-refractivity contribution < 1.29 is 18.8 Å². The monoisotopic (exact) mass is 451 g/mol. The number of pyridine rings is 1. The van der Waals surface area contributed by atoms with E-state index in [2.05, 4.69) is 10.3 Å². The Morgan fingerprint density at radius 3 is 2.55 bits per heavy atom. The van der Waals surface area contributed by atoms with Gasteiger partial charge in [-0.3, -0.25) is 19.4 Å². The summed E-state index contributed by atoms with van der Waals surface area (Å²) >= 11 is 0. The third kappa shape index (κ3) is 5.02. The van der Waals surface area contributed by atoms with E-state index in [0.717, 1.165) is 10.9 Å². The highest BCUT2D eigenvalue weighted by Crippen LogP contribution is 2.15. The molecule has 0 saturated carbocycles. The molecule has 1 fully saturated rings. The van der Waals surface area contributed by atoms with Crippen LogP contribution in [0.3, 0.4) is 0 Å². The van der Waals surface area contributed by atoms with Gasteiger partial charge in [-0.25, -0.2) is 4.39 Å². The standard InChI is InChI=1S/C24H26FN5O3/c1-17(27-23(32)19-4-2-3-5-20(19)25)24(33)30-14-12-29(13-15-30)22(31)8-11-28-10-7-18-6-9-26-16-21(18)28/h2-7,9-10,16-17H,8,11-15H2,1H3,(H,27,32)/t17-/m0/s1. The molecule has 1 saturated heterocycles. The molecule has 9 heteroatoms. The number of fused-ring (bicyclic) bond motifs is 1. The summed E-state index contributed by atoms with van der Waals surface area (Å²) in [5.41, 5.74) is 0.894. The second kappa shape index (κ2) is 9.81. The largest absolute Gasteiger partial charge is 0.346 e. The Hall–Kier alpha value is -3.75. The van der Waals surface area contributed by atoms with Crippen molar-refractivity contribution in [1.82, 2.24) is 24.7 Å². The molecule has 2 aromatic heterocycles. The Morgan fingerprint density at radius 2 is 1.79 bits per heavy atom. The number of nitrogens with one attached hydrogen (secondary N) is 1. The molecule has 3 aromatic rings. The Kier molecular flexibility index (Phi) is 6.67. The number of aryl methyl sites for hydroxylation is 1. The number of benzene rings is 1. The molecule has 1 aliphatic rings. The van der Waals surface area contributed by atoms with Crippen LogP contribution < -0.4 is 5.32 Å². The van der Waals surface area contributed by atoms with E-state index < -0.39 is 17.8 Å². The maximum atomic E-state index is 13.8. The molecule has 1 N–H and O–H groups in total. The number of piperazine rings is 1. The molecule has 3 amide bonds. The van der Waals surface area contributed by atoms with Crippen molar-refractivity contribution in [2.75, 3.05) is 26.2 Å². The fraction of sp³-hybridized carbons (Fsp3) is 0.333. The molecule has 0 bridgehead atoms. The van der Waals surface area contributed by atoms with E-state index in [1.165, 1.54) is 18.2 Å². The topological polar surface area (TPSA) is 87.5 Å². The average Bonchev–Trinajstić information content (AvgIpc) is 3.25. The summed E-state index contributed by atoms with van der Waals surface area (Å²) in [5, 5.41) is 3.64. The van der Waals surface area contributed by atoms with Crippen molar-refractivity contribution in [3.63, 3.8) is 0 Å². The van der Waals surface area contributed by atoms with Crippen molar-refractivity contribution in [2.24, 2.45) is 0 Å². The smallest absolute Gasteiger partial charge is 0.254 e. The predicted octanol–water partition coefficient (Wildman–Crippen LogP) is 2.05. The van der Waals surface area contributed by atoms with E-state index in [4.69, 9.17) is 0 Å². The Labute approximate surface area is 191 Å². The highest BCUT2D eigenvalue weighted by atomic mass is 19.1. The van der Waals surface area contributed by atoms with Gasteiger partial charge in [-0.05, 0) is 31.2 Å². The highest BCUT2D eigenvalue weighted by Gasteiger charge is 2.28. The van der Waals surface area contributed by atoms with Gasteiger partial charge in [-0.2, -0.15) is 0 Å². The van der Waals surface area contributed by atoms with Crippen LogP contribution in [0.15, 0.2) is 55.0 Å². The SMILES string of the molecule is C[C@H](NC(=O)c1ccccc1F)C(=O)N1CCN(C(=O)CCn2ccc3ccncc32)CC1. The number of hydrogen-bond acceptors (Lipinski definition) is 4. The first kappa shape index (κ1) is 22.4. The highest BCUT2D eigenvalue weighted by molar-refractivity contribution is 5.97. The number of amides is 3. The lowest BCUT2D eigenvalue weighted by molar-refractivity contribution is -0.140. The van der Waals surface area contributed by atoms with Crippen LogP contribution in [0.4, 0.5) is 4.39 Å². The van der Waals surface area contributed by atoms with Crippen LogP contribution in [-0.4, -0.2) is 69.3 Å². The minimum Gasteiger partial charge on any atom is -0.346 e. The van der Waals surface area contributed by atoms with Gasteiger partial charge in [-0.15, -0.1) is 0 Å². The molecular formula is C24H26FN5O3. The van der Waals surface area contributed by atoms with E-state index in [1.54, 1.807) is 35.2 Å². The first-order chi connectivity index (χ1) is 15.9. The van der Waals surface area contributed by atoms with Crippen LogP contribution >= 0.6 is 0 Å². The summed E-state index contributed by atoms with van der Waals surface area (Å²) < 4.78 is 15.8. The Balaban J connectivity index is 1.25. The summed E-state index contributed by atoms with van der Waals surface area (Å²) in [5.74, 6) is -1.48. The lowest BCUT2D eigenvalue weighted by Crippen LogP contribution is -2.55. The normalized spacial score (nSPS) is 14.8. The maximum absolute atomic E-state index is 13.8. The van der Waals surface area contributed by atoms with Crippen LogP contribution in [0.5, 0.6) is 0 Å². The lowest BCUT2D eigenvalue weighted by Gasteiger charge is -2.36. The third-order valence-electron chi connectivity index (χ3n) is 5.92. The van der Waals surface area contributed by atoms with Gasteiger partial charge < -0.3 is 19.7 Å². The summed E-state index contributed by atoms with van der Waals surface area (Å²) in [6.07, 6.45) is 5.84. The molecule has 1 aromatic carbocycles. The second-order valence-corrected chi connectivity index (χ2v) is 8.07. The van der Waals surface area contributed by atoms with Gasteiger partial charge in [0.2, 0.25) is 11.8 Å². The van der Waals surface area contributed by atoms with E-state index in [0.29, 0.717) is 39.1 Å². The summed E-state index contributed by atoms with van der Waals surface area (Å²) in [7, 11) is 0. The zero-order valence-corrected chi connectivity index (χ0v) is 18.4. The van der Waals surface area contributed by atoms with E-state index in [1.807, 2.05) is 22.9 Å². The Bertz CT molecular complexity index is 1170. The predicted molar refractivity (Wildman–Crippen MR) is 121 cm³/mol. The molecule has 4 rings (SSSR count). The summed E-state index contributed by atoms with van der Waals surface area (Å²) in [4.78, 5) is 45.2. The fourth-order valence-corrected chi connectivity index (χ4v) is 4.03. The molecule has 0 aliphatic carbocycles. The summed E-state index contributed by atoms with van der Waals surface area (Å²) in [6, 6.07) is 8.78. The zero-order valence-electron chi connectivity index (χ0n) is 18.4. The molecule has 1 aliphatic heterocycles. The quantitative estimate of drug-likeness (QED) is 0.622. The van der Waals surface area contributed by atoms with Gasteiger partial charge in [0, 0.05) is 56.9 Å². The lowest BCUT2D eigenvalue weighted by atomic mass is 10.1. The minimum absolute atomic E-state index is 0.0359. The van der Waals surface area contributed by atoms with Crippen LogP contribution in [0.1, 0.15) is 23.7 Å². The Morgan fingerprint density at radius 1 is 1.06 bits per heavy atom. The van der Waals surface area contributed by atoms with Gasteiger partial charge in [-0.1, -0.05) is 12.1 Å². The number of carbonyl (C=O) groups is 3. The molecule has 3 heterocycles. The van der Waals surface area contributed by atoms with Gasteiger partial charge in [0.1, 0.15) is 11.9 Å². The molecular weight excluding hydrogens is 425 g/mol. The molecule has 8 nitrogen and oxygen atoms in total. The molecule has 33 heavy (non-hydrogen) atoms. The fourth-order valence-electron chi connectivity index (χ4n) is 4.03. The minimum atomic E-state index is -0.796. The number of aromatic nitrogens is 2.